The molecule has 1 aromatic carbocycles. The lowest BCUT2D eigenvalue weighted by atomic mass is 10.0. The Hall–Kier alpha value is -0.830. The molecule has 1 heterocycles. The van der Waals surface area contributed by atoms with E-state index in [1.54, 1.807) is 0 Å². The van der Waals surface area contributed by atoms with E-state index in [-0.39, 0.29) is 5.91 Å². The first-order valence-electron chi connectivity index (χ1n) is 6.70. The number of carbonyl (C=O) groups is 1. The largest absolute Gasteiger partial charge is 0.338 e. The van der Waals surface area contributed by atoms with E-state index in [0.717, 1.165) is 40.5 Å². The van der Waals surface area contributed by atoms with Crippen molar-refractivity contribution in [1.29, 1.82) is 0 Å². The molecule has 2 fully saturated rings. The van der Waals surface area contributed by atoms with Crippen molar-refractivity contribution in [2.45, 2.75) is 26.2 Å². The van der Waals surface area contributed by atoms with Crippen LogP contribution in [0.15, 0.2) is 22.7 Å². The first-order chi connectivity index (χ1) is 8.65. The van der Waals surface area contributed by atoms with Crippen LogP contribution in [0.4, 0.5) is 0 Å². The Morgan fingerprint density at radius 1 is 1.28 bits per heavy atom. The molecule has 2 aliphatic rings. The summed E-state index contributed by atoms with van der Waals surface area (Å²) in [5, 5.41) is 0. The number of aryl methyl sites for hydroxylation is 1. The second-order valence-corrected chi connectivity index (χ2v) is 6.54. The SMILES string of the molecule is Cc1ccc(Br)cc1C(=O)N1CC2CCCC2C1. The van der Waals surface area contributed by atoms with Gasteiger partial charge in [-0.1, -0.05) is 28.4 Å². The molecule has 1 saturated heterocycles. The molecule has 1 saturated carbocycles. The molecule has 1 aromatic rings. The van der Waals surface area contributed by atoms with Gasteiger partial charge in [-0.2, -0.15) is 0 Å². The van der Waals surface area contributed by atoms with Crippen molar-refractivity contribution >= 4 is 21.8 Å². The molecule has 1 amide bonds. The smallest absolute Gasteiger partial charge is 0.254 e. The maximum Gasteiger partial charge on any atom is 0.254 e. The molecular formula is C15H18BrNO. The van der Waals surface area contributed by atoms with E-state index in [4.69, 9.17) is 0 Å². The molecule has 0 bridgehead atoms. The van der Waals surface area contributed by atoms with Gasteiger partial charge in [-0.05, 0) is 49.3 Å². The lowest BCUT2D eigenvalue weighted by Crippen LogP contribution is -2.30. The monoisotopic (exact) mass is 307 g/mol. The number of amides is 1. The molecular weight excluding hydrogens is 290 g/mol. The first kappa shape index (κ1) is 12.2. The summed E-state index contributed by atoms with van der Waals surface area (Å²) in [6, 6.07) is 5.95. The molecule has 0 aromatic heterocycles. The molecule has 2 unspecified atom stereocenters. The van der Waals surface area contributed by atoms with E-state index in [9.17, 15) is 4.79 Å². The number of fused-ring (bicyclic) bond motifs is 1. The van der Waals surface area contributed by atoms with Crippen LogP contribution in [0.5, 0.6) is 0 Å². The van der Waals surface area contributed by atoms with E-state index in [1.807, 2.05) is 25.1 Å². The summed E-state index contributed by atoms with van der Waals surface area (Å²) < 4.78 is 0.982. The summed E-state index contributed by atoms with van der Waals surface area (Å²) in [5.41, 5.74) is 1.92. The normalized spacial score (nSPS) is 26.4. The van der Waals surface area contributed by atoms with Crippen molar-refractivity contribution in [3.8, 4) is 0 Å². The zero-order chi connectivity index (χ0) is 12.7. The maximum atomic E-state index is 12.6. The van der Waals surface area contributed by atoms with Crippen LogP contribution >= 0.6 is 15.9 Å². The fraction of sp³-hybridized carbons (Fsp3) is 0.533. The van der Waals surface area contributed by atoms with Gasteiger partial charge in [-0.25, -0.2) is 0 Å². The Kier molecular flexibility index (Phi) is 3.18. The molecule has 0 radical (unpaired) electrons. The highest BCUT2D eigenvalue weighted by molar-refractivity contribution is 9.10. The molecule has 18 heavy (non-hydrogen) atoms. The Morgan fingerprint density at radius 3 is 2.61 bits per heavy atom. The Labute approximate surface area is 116 Å². The van der Waals surface area contributed by atoms with Gasteiger partial charge < -0.3 is 4.90 Å². The third-order valence-electron chi connectivity index (χ3n) is 4.44. The zero-order valence-corrected chi connectivity index (χ0v) is 12.2. The molecule has 0 N–H and O–H groups in total. The van der Waals surface area contributed by atoms with Gasteiger partial charge in [0.05, 0.1) is 0 Å². The van der Waals surface area contributed by atoms with Gasteiger partial charge in [-0.3, -0.25) is 4.79 Å². The van der Waals surface area contributed by atoms with E-state index in [2.05, 4.69) is 20.8 Å². The second-order valence-electron chi connectivity index (χ2n) is 5.62. The van der Waals surface area contributed by atoms with Gasteiger partial charge in [0.1, 0.15) is 0 Å². The average molecular weight is 308 g/mol. The minimum atomic E-state index is 0.211. The standard InChI is InChI=1S/C15H18BrNO/c1-10-5-6-13(16)7-14(10)15(18)17-8-11-3-2-4-12(11)9-17/h5-7,11-12H,2-4,8-9H2,1H3. The molecule has 0 spiro atoms. The fourth-order valence-electron chi connectivity index (χ4n) is 3.40. The van der Waals surface area contributed by atoms with Crippen LogP contribution in [0, 0.1) is 18.8 Å². The van der Waals surface area contributed by atoms with E-state index < -0.39 is 0 Å². The molecule has 1 aliphatic heterocycles. The van der Waals surface area contributed by atoms with Crippen molar-refractivity contribution in [3.05, 3.63) is 33.8 Å². The van der Waals surface area contributed by atoms with Crippen LogP contribution in [-0.4, -0.2) is 23.9 Å². The topological polar surface area (TPSA) is 20.3 Å². The highest BCUT2D eigenvalue weighted by Gasteiger charge is 2.38. The first-order valence-corrected chi connectivity index (χ1v) is 7.50. The van der Waals surface area contributed by atoms with Crippen molar-refractivity contribution in [1.82, 2.24) is 4.90 Å². The maximum absolute atomic E-state index is 12.6. The zero-order valence-electron chi connectivity index (χ0n) is 10.7. The summed E-state index contributed by atoms with van der Waals surface area (Å²) in [7, 11) is 0. The molecule has 96 valence electrons. The Bertz CT molecular complexity index is 473. The summed E-state index contributed by atoms with van der Waals surface area (Å²) in [4.78, 5) is 14.6. The third-order valence-corrected chi connectivity index (χ3v) is 4.94. The Morgan fingerprint density at radius 2 is 1.94 bits per heavy atom. The van der Waals surface area contributed by atoms with Crippen LogP contribution in [0.2, 0.25) is 0 Å². The van der Waals surface area contributed by atoms with Crippen LogP contribution < -0.4 is 0 Å². The van der Waals surface area contributed by atoms with Gasteiger partial charge in [-0.15, -0.1) is 0 Å². The van der Waals surface area contributed by atoms with Crippen LogP contribution in [0.25, 0.3) is 0 Å². The van der Waals surface area contributed by atoms with Gasteiger partial charge in [0, 0.05) is 23.1 Å². The average Bonchev–Trinajstić information content (AvgIpc) is 2.91. The predicted octanol–water partition coefficient (Wildman–Crippen LogP) is 3.63. The van der Waals surface area contributed by atoms with E-state index >= 15 is 0 Å². The van der Waals surface area contributed by atoms with Crippen LogP contribution in [0.1, 0.15) is 35.2 Å². The molecule has 2 atom stereocenters. The number of nitrogens with zero attached hydrogens (tertiary/aromatic N) is 1. The fourth-order valence-corrected chi connectivity index (χ4v) is 3.76. The van der Waals surface area contributed by atoms with Crippen molar-refractivity contribution in [3.63, 3.8) is 0 Å². The molecule has 3 rings (SSSR count). The molecule has 2 nitrogen and oxygen atoms in total. The summed E-state index contributed by atoms with van der Waals surface area (Å²) >= 11 is 3.45. The van der Waals surface area contributed by atoms with Gasteiger partial charge in [0.2, 0.25) is 0 Å². The molecule has 1 aliphatic carbocycles. The summed E-state index contributed by atoms with van der Waals surface area (Å²) in [6.07, 6.45) is 3.98. The quantitative estimate of drug-likeness (QED) is 0.776. The third kappa shape index (κ3) is 2.09. The van der Waals surface area contributed by atoms with Gasteiger partial charge in [0.25, 0.3) is 5.91 Å². The van der Waals surface area contributed by atoms with Gasteiger partial charge >= 0.3 is 0 Å². The lowest BCUT2D eigenvalue weighted by Gasteiger charge is -2.18. The number of halogens is 1. The minimum Gasteiger partial charge on any atom is -0.338 e. The number of likely N-dealkylation sites (tertiary alicyclic amines) is 1. The summed E-state index contributed by atoms with van der Waals surface area (Å²) in [5.74, 6) is 1.74. The van der Waals surface area contributed by atoms with Crippen molar-refractivity contribution < 1.29 is 4.79 Å². The highest BCUT2D eigenvalue weighted by Crippen LogP contribution is 2.38. The van der Waals surface area contributed by atoms with Crippen molar-refractivity contribution in [2.75, 3.05) is 13.1 Å². The number of hydrogen-bond donors (Lipinski definition) is 0. The number of carbonyl (C=O) groups excluding carboxylic acids is 1. The van der Waals surface area contributed by atoms with Crippen molar-refractivity contribution in [2.24, 2.45) is 11.8 Å². The summed E-state index contributed by atoms with van der Waals surface area (Å²) in [6.45, 7) is 3.95. The second kappa shape index (κ2) is 4.69. The molecule has 3 heteroatoms. The number of benzene rings is 1. The Balaban J connectivity index is 1.81. The highest BCUT2D eigenvalue weighted by atomic mass is 79.9. The lowest BCUT2D eigenvalue weighted by molar-refractivity contribution is 0.0780. The number of hydrogen-bond acceptors (Lipinski definition) is 1. The van der Waals surface area contributed by atoms with E-state index in [1.165, 1.54) is 19.3 Å². The van der Waals surface area contributed by atoms with E-state index in [0.29, 0.717) is 0 Å². The number of rotatable bonds is 1. The minimum absolute atomic E-state index is 0.211. The van der Waals surface area contributed by atoms with Gasteiger partial charge in [0.15, 0.2) is 0 Å². The van der Waals surface area contributed by atoms with Crippen LogP contribution in [0.3, 0.4) is 0 Å². The van der Waals surface area contributed by atoms with Crippen LogP contribution in [-0.2, 0) is 0 Å². The predicted molar refractivity (Wildman–Crippen MR) is 75.6 cm³/mol.